The summed E-state index contributed by atoms with van der Waals surface area (Å²) < 4.78 is 7.54. The van der Waals surface area contributed by atoms with Gasteiger partial charge in [-0.1, -0.05) is 22.0 Å². The van der Waals surface area contributed by atoms with E-state index in [2.05, 4.69) is 46.8 Å². The molecule has 0 saturated carbocycles. The Bertz CT molecular complexity index is 520. The van der Waals surface area contributed by atoms with Gasteiger partial charge in [-0.05, 0) is 51.8 Å². The predicted molar refractivity (Wildman–Crippen MR) is 89.6 cm³/mol. The molecule has 1 spiro atoms. The largest absolute Gasteiger partial charge is 0.487 e. The molecule has 4 heteroatoms. The molecule has 2 aliphatic heterocycles. The minimum Gasteiger partial charge on any atom is -0.487 e. The highest BCUT2D eigenvalue weighted by Crippen LogP contribution is 2.44. The lowest BCUT2D eigenvalue weighted by Crippen LogP contribution is -2.44. The highest BCUT2D eigenvalue weighted by molar-refractivity contribution is 9.10. The third-order valence-electron chi connectivity index (χ3n) is 4.96. The van der Waals surface area contributed by atoms with Gasteiger partial charge < -0.3 is 15.4 Å². The Hall–Kier alpha value is -0.580. The molecule has 2 aliphatic rings. The zero-order valence-corrected chi connectivity index (χ0v) is 14.5. The predicted octanol–water partition coefficient (Wildman–Crippen LogP) is 3.86. The Morgan fingerprint density at radius 1 is 1.33 bits per heavy atom. The number of nitrogens with zero attached hydrogens (tertiary/aromatic N) is 1. The Kier molecular flexibility index (Phi) is 4.30. The van der Waals surface area contributed by atoms with E-state index >= 15 is 0 Å². The molecule has 21 heavy (non-hydrogen) atoms. The second-order valence-corrected chi connectivity index (χ2v) is 7.68. The van der Waals surface area contributed by atoms with Crippen molar-refractivity contribution in [1.29, 1.82) is 0 Å². The highest BCUT2D eigenvalue weighted by Gasteiger charge is 2.41. The molecule has 0 aliphatic carbocycles. The van der Waals surface area contributed by atoms with Crippen LogP contribution in [0.5, 0.6) is 5.75 Å². The van der Waals surface area contributed by atoms with Crippen LogP contribution in [0.1, 0.15) is 51.1 Å². The van der Waals surface area contributed by atoms with E-state index in [1.807, 2.05) is 6.07 Å². The van der Waals surface area contributed by atoms with Crippen LogP contribution in [0.2, 0.25) is 0 Å². The number of nitrogens with two attached hydrogens (primary N) is 1. The standard InChI is InChI=1S/C17H25BrN2O/c1-12(2)20-8-3-6-17(7-9-20)11-15(19)14-5-4-13(18)10-16(14)21-17/h4-5,10,12,15H,3,6-9,11,19H2,1-2H3/t15-,17?/m1/s1. The lowest BCUT2D eigenvalue weighted by molar-refractivity contribution is 0.0210. The summed E-state index contributed by atoms with van der Waals surface area (Å²) >= 11 is 3.54. The second-order valence-electron chi connectivity index (χ2n) is 6.76. The Balaban J connectivity index is 1.83. The normalized spacial score (nSPS) is 30.0. The Morgan fingerprint density at radius 3 is 2.90 bits per heavy atom. The molecule has 1 aromatic rings. The number of ether oxygens (including phenoxy) is 1. The molecule has 3 nitrogen and oxygen atoms in total. The fraction of sp³-hybridized carbons (Fsp3) is 0.647. The first-order valence-electron chi connectivity index (χ1n) is 7.97. The summed E-state index contributed by atoms with van der Waals surface area (Å²) in [5.41, 5.74) is 7.51. The van der Waals surface area contributed by atoms with E-state index in [-0.39, 0.29) is 11.6 Å². The maximum atomic E-state index is 6.48. The summed E-state index contributed by atoms with van der Waals surface area (Å²) in [5, 5.41) is 0. The van der Waals surface area contributed by atoms with Crippen LogP contribution >= 0.6 is 15.9 Å². The smallest absolute Gasteiger partial charge is 0.126 e. The van der Waals surface area contributed by atoms with Gasteiger partial charge in [-0.3, -0.25) is 0 Å². The zero-order valence-electron chi connectivity index (χ0n) is 12.9. The molecular formula is C17H25BrN2O. The van der Waals surface area contributed by atoms with Crippen molar-refractivity contribution in [3.8, 4) is 5.75 Å². The van der Waals surface area contributed by atoms with Gasteiger partial charge in [-0.15, -0.1) is 0 Å². The van der Waals surface area contributed by atoms with Crippen molar-refractivity contribution in [2.75, 3.05) is 13.1 Å². The van der Waals surface area contributed by atoms with Crippen LogP contribution in [0.25, 0.3) is 0 Å². The summed E-state index contributed by atoms with van der Waals surface area (Å²) in [6.45, 7) is 6.83. The van der Waals surface area contributed by atoms with Gasteiger partial charge >= 0.3 is 0 Å². The molecule has 1 saturated heterocycles. The van der Waals surface area contributed by atoms with Gasteiger partial charge in [-0.2, -0.15) is 0 Å². The average molecular weight is 353 g/mol. The van der Waals surface area contributed by atoms with E-state index in [1.54, 1.807) is 0 Å². The first-order valence-corrected chi connectivity index (χ1v) is 8.76. The van der Waals surface area contributed by atoms with E-state index in [1.165, 1.54) is 13.0 Å². The van der Waals surface area contributed by atoms with Gasteiger partial charge in [0.15, 0.2) is 0 Å². The molecule has 116 valence electrons. The summed E-state index contributed by atoms with van der Waals surface area (Å²) in [6.07, 6.45) is 4.31. The summed E-state index contributed by atoms with van der Waals surface area (Å²) in [4.78, 5) is 2.56. The van der Waals surface area contributed by atoms with E-state index in [0.717, 1.165) is 41.6 Å². The molecule has 1 unspecified atom stereocenters. The first kappa shape index (κ1) is 15.3. The number of benzene rings is 1. The summed E-state index contributed by atoms with van der Waals surface area (Å²) in [6, 6.07) is 6.91. The van der Waals surface area contributed by atoms with E-state index in [9.17, 15) is 0 Å². The number of fused-ring (bicyclic) bond motifs is 1. The maximum absolute atomic E-state index is 6.48. The lowest BCUT2D eigenvalue weighted by Gasteiger charge is -2.41. The van der Waals surface area contributed by atoms with Crippen LogP contribution in [0.3, 0.4) is 0 Å². The SMILES string of the molecule is CC(C)N1CCCC2(CC1)C[C@@H](N)c1ccc(Br)cc1O2. The minimum absolute atomic E-state index is 0.0726. The Morgan fingerprint density at radius 2 is 2.14 bits per heavy atom. The first-order chi connectivity index (χ1) is 9.99. The van der Waals surface area contributed by atoms with Gasteiger partial charge in [0.05, 0.1) is 0 Å². The van der Waals surface area contributed by atoms with Crippen molar-refractivity contribution in [3.05, 3.63) is 28.2 Å². The van der Waals surface area contributed by atoms with Crippen LogP contribution in [-0.2, 0) is 0 Å². The van der Waals surface area contributed by atoms with Crippen LogP contribution < -0.4 is 10.5 Å². The quantitative estimate of drug-likeness (QED) is 0.833. The van der Waals surface area contributed by atoms with Crippen molar-refractivity contribution in [3.63, 3.8) is 0 Å². The van der Waals surface area contributed by atoms with Gasteiger partial charge in [-0.25, -0.2) is 0 Å². The number of likely N-dealkylation sites (tertiary alicyclic amines) is 1. The molecule has 2 atom stereocenters. The molecule has 1 fully saturated rings. The monoisotopic (exact) mass is 352 g/mol. The molecule has 1 aromatic carbocycles. The average Bonchev–Trinajstić information content (AvgIpc) is 2.61. The molecule has 3 rings (SSSR count). The molecule has 0 amide bonds. The van der Waals surface area contributed by atoms with Crippen LogP contribution in [0.15, 0.2) is 22.7 Å². The second kappa shape index (κ2) is 5.90. The van der Waals surface area contributed by atoms with Crippen molar-refractivity contribution in [2.45, 2.75) is 57.2 Å². The van der Waals surface area contributed by atoms with Crippen LogP contribution in [0, 0.1) is 0 Å². The molecule has 0 aromatic heterocycles. The number of rotatable bonds is 1. The number of hydrogen-bond donors (Lipinski definition) is 1. The number of halogens is 1. The lowest BCUT2D eigenvalue weighted by atomic mass is 9.82. The third kappa shape index (κ3) is 3.13. The van der Waals surface area contributed by atoms with Crippen molar-refractivity contribution in [1.82, 2.24) is 4.90 Å². The van der Waals surface area contributed by atoms with E-state index in [0.29, 0.717) is 6.04 Å². The molecular weight excluding hydrogens is 328 g/mol. The minimum atomic E-state index is -0.0726. The Labute approximate surface area is 136 Å². The maximum Gasteiger partial charge on any atom is 0.126 e. The van der Waals surface area contributed by atoms with Crippen LogP contribution in [-0.4, -0.2) is 29.6 Å². The molecule has 2 heterocycles. The molecule has 2 N–H and O–H groups in total. The summed E-state index contributed by atoms with van der Waals surface area (Å²) in [7, 11) is 0. The van der Waals surface area contributed by atoms with E-state index < -0.39 is 0 Å². The number of hydrogen-bond acceptors (Lipinski definition) is 3. The van der Waals surface area contributed by atoms with Crippen LogP contribution in [0.4, 0.5) is 0 Å². The van der Waals surface area contributed by atoms with Crippen molar-refractivity contribution in [2.24, 2.45) is 5.73 Å². The van der Waals surface area contributed by atoms with Gasteiger partial charge in [0.1, 0.15) is 11.4 Å². The zero-order chi connectivity index (χ0) is 15.0. The topological polar surface area (TPSA) is 38.5 Å². The van der Waals surface area contributed by atoms with Crippen molar-refractivity contribution >= 4 is 15.9 Å². The van der Waals surface area contributed by atoms with Gasteiger partial charge in [0.2, 0.25) is 0 Å². The third-order valence-corrected chi connectivity index (χ3v) is 5.45. The highest BCUT2D eigenvalue weighted by atomic mass is 79.9. The van der Waals surface area contributed by atoms with Gasteiger partial charge in [0.25, 0.3) is 0 Å². The molecule has 0 bridgehead atoms. The van der Waals surface area contributed by atoms with Gasteiger partial charge in [0, 0.05) is 35.1 Å². The molecule has 0 radical (unpaired) electrons. The summed E-state index contributed by atoms with van der Waals surface area (Å²) in [5.74, 6) is 0.973. The van der Waals surface area contributed by atoms with E-state index in [4.69, 9.17) is 10.5 Å². The van der Waals surface area contributed by atoms with Crippen molar-refractivity contribution < 1.29 is 4.74 Å². The fourth-order valence-electron chi connectivity index (χ4n) is 3.70. The fourth-order valence-corrected chi connectivity index (χ4v) is 4.04.